The van der Waals surface area contributed by atoms with Crippen LogP contribution in [0.15, 0.2) is 75.4 Å². The van der Waals surface area contributed by atoms with Crippen LogP contribution < -0.4 is 5.56 Å². The Kier molecular flexibility index (Phi) is 8.45. The first-order valence-corrected chi connectivity index (χ1v) is 14.4. The van der Waals surface area contributed by atoms with Crippen LogP contribution in [0, 0.1) is 24.2 Å². The number of nitrogens with zero attached hydrogens (tertiary/aromatic N) is 4. The van der Waals surface area contributed by atoms with Crippen LogP contribution in [0.4, 0.5) is 4.39 Å². The second-order valence-electron chi connectivity index (χ2n) is 9.42. The minimum atomic E-state index is -4.49. The Morgan fingerprint density at radius 1 is 1.07 bits per heavy atom. The molecule has 10 heteroatoms. The zero-order valence-electron chi connectivity index (χ0n) is 22.4. The third kappa shape index (κ3) is 5.38. The summed E-state index contributed by atoms with van der Waals surface area (Å²) >= 11 is 0. The maximum atomic E-state index is 14.0. The quantitative estimate of drug-likeness (QED) is 0.268. The SMILES string of the molecule is CCCCc1nc(=O)c(S(=O)(=O)c2ccc(-c3ccnc(F)c3C)cc2)c(O)n1C(CC)c1ccc(C#N)cc1. The molecule has 0 aliphatic rings. The summed E-state index contributed by atoms with van der Waals surface area (Å²) in [5, 5.41) is 20.6. The smallest absolute Gasteiger partial charge is 0.296 e. The maximum absolute atomic E-state index is 14.0. The van der Waals surface area contributed by atoms with Crippen molar-refractivity contribution in [3.63, 3.8) is 0 Å². The summed E-state index contributed by atoms with van der Waals surface area (Å²) in [6.45, 7) is 5.43. The van der Waals surface area contributed by atoms with Crippen LogP contribution in [0.3, 0.4) is 0 Å². The molecular weight excluding hydrogens is 531 g/mol. The van der Waals surface area contributed by atoms with Gasteiger partial charge >= 0.3 is 0 Å². The number of halogens is 1. The fourth-order valence-electron chi connectivity index (χ4n) is 4.72. The van der Waals surface area contributed by atoms with Gasteiger partial charge in [-0.3, -0.25) is 9.36 Å². The number of nitriles is 1. The van der Waals surface area contributed by atoms with Crippen molar-refractivity contribution in [2.45, 2.75) is 62.3 Å². The molecule has 40 heavy (non-hydrogen) atoms. The molecule has 2 heterocycles. The van der Waals surface area contributed by atoms with E-state index in [4.69, 9.17) is 0 Å². The standard InChI is InChI=1S/C30H29FN4O4S/c1-4-6-7-26-34-29(36)27(30(37)35(26)25(5-2)22-10-8-20(18-32)9-11-22)40(38,39)23-14-12-21(13-15-23)24-16-17-33-28(31)19(24)3/h8-17,25,37H,4-7H2,1-3H3. The van der Waals surface area contributed by atoms with Crippen molar-refractivity contribution < 1.29 is 17.9 Å². The first-order chi connectivity index (χ1) is 19.1. The highest BCUT2D eigenvalue weighted by atomic mass is 32.2. The monoisotopic (exact) mass is 560 g/mol. The molecule has 4 aromatic rings. The molecule has 0 radical (unpaired) electrons. The Morgan fingerprint density at radius 3 is 2.35 bits per heavy atom. The minimum absolute atomic E-state index is 0.211. The molecule has 206 valence electrons. The summed E-state index contributed by atoms with van der Waals surface area (Å²) in [6, 6.07) is 15.6. The fourth-order valence-corrected chi connectivity index (χ4v) is 6.07. The first-order valence-electron chi connectivity index (χ1n) is 12.9. The molecule has 0 saturated carbocycles. The Labute approximate surface area is 232 Å². The normalized spacial score (nSPS) is 12.2. The number of rotatable bonds is 9. The van der Waals surface area contributed by atoms with Gasteiger partial charge in [0.1, 0.15) is 5.82 Å². The average Bonchev–Trinajstić information content (AvgIpc) is 2.95. The van der Waals surface area contributed by atoms with Crippen molar-refractivity contribution in [3.8, 4) is 23.1 Å². The average molecular weight is 561 g/mol. The molecule has 4 rings (SSSR count). The molecular formula is C30H29FN4O4S. The van der Waals surface area contributed by atoms with E-state index in [0.29, 0.717) is 41.5 Å². The van der Waals surface area contributed by atoms with Gasteiger partial charge in [-0.2, -0.15) is 14.6 Å². The van der Waals surface area contributed by atoms with E-state index in [1.807, 2.05) is 13.8 Å². The Morgan fingerprint density at radius 2 is 1.75 bits per heavy atom. The summed E-state index contributed by atoms with van der Waals surface area (Å²) in [5.74, 6) is -1.02. The lowest BCUT2D eigenvalue weighted by Gasteiger charge is -2.25. The molecule has 0 bridgehead atoms. The molecule has 8 nitrogen and oxygen atoms in total. The van der Waals surface area contributed by atoms with Crippen molar-refractivity contribution in [2.24, 2.45) is 0 Å². The predicted molar refractivity (Wildman–Crippen MR) is 148 cm³/mol. The molecule has 2 aromatic heterocycles. The molecule has 1 unspecified atom stereocenters. The number of aromatic hydroxyl groups is 1. The molecule has 0 amide bonds. The topological polar surface area (TPSA) is 126 Å². The second-order valence-corrected chi connectivity index (χ2v) is 11.3. The maximum Gasteiger partial charge on any atom is 0.296 e. The summed E-state index contributed by atoms with van der Waals surface area (Å²) in [4.78, 5) is 19.9. The van der Waals surface area contributed by atoms with E-state index in [0.717, 1.165) is 12.0 Å². The Hall–Kier alpha value is -4.36. The number of hydrogen-bond donors (Lipinski definition) is 1. The molecule has 1 atom stereocenters. The van der Waals surface area contributed by atoms with E-state index < -0.39 is 38.2 Å². The highest BCUT2D eigenvalue weighted by Crippen LogP contribution is 2.34. The lowest BCUT2D eigenvalue weighted by molar-refractivity contribution is 0.358. The van der Waals surface area contributed by atoms with Crippen LogP contribution in [0.5, 0.6) is 5.88 Å². The number of sulfone groups is 1. The van der Waals surface area contributed by atoms with Crippen molar-refractivity contribution in [1.82, 2.24) is 14.5 Å². The van der Waals surface area contributed by atoms with Crippen LogP contribution in [0.1, 0.15) is 61.7 Å². The number of aryl methyl sites for hydroxylation is 1. The van der Waals surface area contributed by atoms with E-state index in [1.54, 1.807) is 37.3 Å². The molecule has 0 aliphatic carbocycles. The molecule has 2 aromatic carbocycles. The van der Waals surface area contributed by atoms with Crippen LogP contribution >= 0.6 is 0 Å². The van der Waals surface area contributed by atoms with E-state index in [1.165, 1.54) is 35.0 Å². The molecule has 0 saturated heterocycles. The largest absolute Gasteiger partial charge is 0.493 e. The predicted octanol–water partition coefficient (Wildman–Crippen LogP) is 5.50. The van der Waals surface area contributed by atoms with E-state index in [-0.39, 0.29) is 10.7 Å². The molecule has 0 fully saturated rings. The molecule has 1 N–H and O–H groups in total. The number of hydrogen-bond acceptors (Lipinski definition) is 7. The van der Waals surface area contributed by atoms with Gasteiger partial charge in [-0.25, -0.2) is 13.4 Å². The second kappa shape index (κ2) is 11.8. The van der Waals surface area contributed by atoms with Crippen LogP contribution in [-0.2, 0) is 16.3 Å². The highest BCUT2D eigenvalue weighted by Gasteiger charge is 2.32. The number of benzene rings is 2. The highest BCUT2D eigenvalue weighted by molar-refractivity contribution is 7.91. The summed E-state index contributed by atoms with van der Waals surface area (Å²) in [7, 11) is -4.49. The molecule has 0 aliphatic heterocycles. The summed E-state index contributed by atoms with van der Waals surface area (Å²) in [5.41, 5.74) is 1.59. The molecule has 0 spiro atoms. The summed E-state index contributed by atoms with van der Waals surface area (Å²) in [6.07, 6.45) is 3.63. The number of aromatic nitrogens is 3. The van der Waals surface area contributed by atoms with Gasteiger partial charge in [-0.05, 0) is 66.8 Å². The van der Waals surface area contributed by atoms with Gasteiger partial charge in [-0.15, -0.1) is 0 Å². The Bertz CT molecular complexity index is 1740. The van der Waals surface area contributed by atoms with Crippen molar-refractivity contribution in [3.05, 3.63) is 99.6 Å². The van der Waals surface area contributed by atoms with Crippen molar-refractivity contribution in [1.29, 1.82) is 5.26 Å². The van der Waals surface area contributed by atoms with Gasteiger partial charge < -0.3 is 5.11 Å². The zero-order chi connectivity index (χ0) is 29.0. The fraction of sp³-hybridized carbons (Fsp3) is 0.267. The zero-order valence-corrected chi connectivity index (χ0v) is 23.2. The van der Waals surface area contributed by atoms with Gasteiger partial charge in [0.05, 0.1) is 22.6 Å². The van der Waals surface area contributed by atoms with Crippen molar-refractivity contribution in [2.75, 3.05) is 0 Å². The van der Waals surface area contributed by atoms with Crippen molar-refractivity contribution >= 4 is 9.84 Å². The van der Waals surface area contributed by atoms with Gasteiger partial charge in [0.15, 0.2) is 4.90 Å². The van der Waals surface area contributed by atoms with Gasteiger partial charge in [0.2, 0.25) is 21.7 Å². The van der Waals surface area contributed by atoms with Crippen LogP contribution in [0.25, 0.3) is 11.1 Å². The lowest BCUT2D eigenvalue weighted by atomic mass is 10.0. The lowest BCUT2D eigenvalue weighted by Crippen LogP contribution is -2.27. The van der Waals surface area contributed by atoms with Crippen LogP contribution in [0.2, 0.25) is 0 Å². The third-order valence-electron chi connectivity index (χ3n) is 6.90. The first kappa shape index (κ1) is 28.6. The number of pyridine rings is 1. The summed E-state index contributed by atoms with van der Waals surface area (Å²) < 4.78 is 42.8. The van der Waals surface area contributed by atoms with E-state index >= 15 is 0 Å². The van der Waals surface area contributed by atoms with Gasteiger partial charge in [0.25, 0.3) is 5.56 Å². The van der Waals surface area contributed by atoms with Crippen LogP contribution in [-0.4, -0.2) is 28.1 Å². The minimum Gasteiger partial charge on any atom is -0.493 e. The van der Waals surface area contributed by atoms with E-state index in [2.05, 4.69) is 16.0 Å². The number of unbranched alkanes of at least 4 members (excludes halogenated alkanes) is 1. The van der Waals surface area contributed by atoms with E-state index in [9.17, 15) is 28.0 Å². The van der Waals surface area contributed by atoms with Gasteiger partial charge in [-0.1, -0.05) is 44.5 Å². The van der Waals surface area contributed by atoms with Gasteiger partial charge in [0, 0.05) is 18.2 Å². The Balaban J connectivity index is 1.86. The third-order valence-corrected chi connectivity index (χ3v) is 8.69.